The van der Waals surface area contributed by atoms with Crippen LogP contribution in [0.5, 0.6) is 0 Å². The predicted molar refractivity (Wildman–Crippen MR) is 115 cm³/mol. The molecule has 6 nitrogen and oxygen atoms in total. The van der Waals surface area contributed by atoms with Gasteiger partial charge in [-0.05, 0) is 69.8 Å². The number of fused-ring (bicyclic) bond motifs is 2. The molecule has 30 heavy (non-hydrogen) atoms. The van der Waals surface area contributed by atoms with Crippen molar-refractivity contribution in [2.45, 2.75) is 62.7 Å². The summed E-state index contributed by atoms with van der Waals surface area (Å²) < 4.78 is 14.8. The molecule has 2 bridgehead atoms. The molecule has 0 spiro atoms. The maximum atomic E-state index is 14.8. The van der Waals surface area contributed by atoms with E-state index in [-0.39, 0.29) is 24.2 Å². The fourth-order valence-electron chi connectivity index (χ4n) is 5.27. The number of likely N-dealkylation sites (N-methyl/N-ethyl adjacent to an activating group) is 1. The summed E-state index contributed by atoms with van der Waals surface area (Å²) >= 11 is 0. The highest BCUT2D eigenvalue weighted by Gasteiger charge is 2.43. The summed E-state index contributed by atoms with van der Waals surface area (Å²) in [6.45, 7) is 1.82. The molecule has 1 aromatic carbocycles. The fraction of sp³-hybridized carbons (Fsp3) is 0.652. The van der Waals surface area contributed by atoms with Crippen LogP contribution in [0.15, 0.2) is 18.2 Å². The van der Waals surface area contributed by atoms with E-state index in [2.05, 4.69) is 40.6 Å². The van der Waals surface area contributed by atoms with Crippen LogP contribution in [0.2, 0.25) is 0 Å². The Balaban J connectivity index is 1.37. The molecule has 1 aliphatic carbocycles. The number of carbonyl (C=O) groups excluding carboxylic acids is 1. The van der Waals surface area contributed by atoms with Crippen LogP contribution in [0.25, 0.3) is 0 Å². The molecule has 7 heteroatoms. The number of anilines is 1. The van der Waals surface area contributed by atoms with Crippen molar-refractivity contribution in [3.05, 3.63) is 29.6 Å². The fourth-order valence-corrected chi connectivity index (χ4v) is 5.27. The molecule has 162 valence electrons. The first-order chi connectivity index (χ1) is 14.4. The summed E-state index contributed by atoms with van der Waals surface area (Å²) in [4.78, 5) is 17.0. The van der Waals surface area contributed by atoms with Gasteiger partial charge in [0.2, 0.25) is 5.91 Å². The summed E-state index contributed by atoms with van der Waals surface area (Å²) in [5, 5.41) is 15.7. The van der Waals surface area contributed by atoms with Gasteiger partial charge in [0.15, 0.2) is 0 Å². The van der Waals surface area contributed by atoms with Gasteiger partial charge in [0.1, 0.15) is 11.9 Å². The first-order valence-corrected chi connectivity index (χ1v) is 11.1. The van der Waals surface area contributed by atoms with Gasteiger partial charge < -0.3 is 20.4 Å². The van der Waals surface area contributed by atoms with E-state index in [1.165, 1.54) is 0 Å². The minimum atomic E-state index is -0.730. The highest BCUT2D eigenvalue weighted by atomic mass is 19.1. The van der Waals surface area contributed by atoms with Crippen molar-refractivity contribution in [3.63, 3.8) is 0 Å². The van der Waals surface area contributed by atoms with Crippen LogP contribution in [0, 0.1) is 23.1 Å². The van der Waals surface area contributed by atoms with E-state index in [4.69, 9.17) is 0 Å². The normalized spacial score (nSPS) is 29.1. The quantitative estimate of drug-likeness (QED) is 0.747. The average Bonchev–Trinajstić information content (AvgIpc) is 3.38. The van der Waals surface area contributed by atoms with Crippen LogP contribution in [-0.4, -0.2) is 62.2 Å². The lowest BCUT2D eigenvalue weighted by Crippen LogP contribution is -2.50. The molecular weight excluding hydrogens is 381 g/mol. The Kier molecular flexibility index (Phi) is 6.26. The van der Waals surface area contributed by atoms with E-state index >= 15 is 0 Å². The van der Waals surface area contributed by atoms with Gasteiger partial charge in [-0.3, -0.25) is 4.79 Å². The minimum absolute atomic E-state index is 0.131. The highest BCUT2D eigenvalue weighted by Crippen LogP contribution is 2.35. The molecule has 0 aromatic heterocycles. The topological polar surface area (TPSA) is 71.4 Å². The molecule has 1 aromatic rings. The molecule has 4 rings (SSSR count). The van der Waals surface area contributed by atoms with E-state index in [1.807, 2.05) is 6.07 Å². The van der Waals surface area contributed by atoms with Gasteiger partial charge in [0.25, 0.3) is 0 Å². The number of nitriles is 1. The van der Waals surface area contributed by atoms with E-state index < -0.39 is 6.04 Å². The number of hydrogen-bond acceptors (Lipinski definition) is 5. The van der Waals surface area contributed by atoms with Gasteiger partial charge in [0.05, 0.1) is 12.1 Å². The number of nitrogens with one attached hydrogen (secondary N) is 2. The maximum absolute atomic E-state index is 14.8. The van der Waals surface area contributed by atoms with Gasteiger partial charge in [-0.2, -0.15) is 5.26 Å². The van der Waals surface area contributed by atoms with Crippen molar-refractivity contribution in [1.82, 2.24) is 15.5 Å². The van der Waals surface area contributed by atoms with Crippen molar-refractivity contribution in [2.24, 2.45) is 5.92 Å². The zero-order valence-corrected chi connectivity index (χ0v) is 17.9. The highest BCUT2D eigenvalue weighted by molar-refractivity contribution is 5.83. The van der Waals surface area contributed by atoms with Crippen LogP contribution in [0.3, 0.4) is 0 Å². The number of halogens is 1. The minimum Gasteiger partial charge on any atom is -0.370 e. The molecule has 1 amide bonds. The van der Waals surface area contributed by atoms with Gasteiger partial charge in [-0.15, -0.1) is 0 Å². The van der Waals surface area contributed by atoms with Crippen LogP contribution >= 0.6 is 0 Å². The largest absolute Gasteiger partial charge is 0.370 e. The summed E-state index contributed by atoms with van der Waals surface area (Å²) in [6.07, 6.45) is 5.65. The van der Waals surface area contributed by atoms with Crippen molar-refractivity contribution in [1.29, 1.82) is 5.26 Å². The van der Waals surface area contributed by atoms with Crippen LogP contribution in [0.4, 0.5) is 10.1 Å². The molecule has 3 aliphatic rings. The third kappa shape index (κ3) is 4.45. The standard InChI is InChI=1S/C23H32FN5O/c1-28(2)20-4-3-9-29(14-20)19-8-6-15(21(24)12-19)10-18(13-25)27-23(30)22-16-5-7-17(11-16)26-22/h6,8,12,16-18,20,22,26H,3-5,7,9-11,14H2,1-2H3,(H,27,30)/t16?,17?,18-,20?,22?/m0/s1. The van der Waals surface area contributed by atoms with E-state index in [9.17, 15) is 14.4 Å². The van der Waals surface area contributed by atoms with Gasteiger partial charge in [0, 0.05) is 37.3 Å². The number of nitrogens with zero attached hydrogens (tertiary/aromatic N) is 3. The van der Waals surface area contributed by atoms with Crippen molar-refractivity contribution < 1.29 is 9.18 Å². The molecule has 2 heterocycles. The Morgan fingerprint density at radius 2 is 2.23 bits per heavy atom. The Hall–Kier alpha value is -2.17. The number of piperidine rings is 2. The molecule has 2 saturated heterocycles. The Bertz CT molecular complexity index is 822. The van der Waals surface area contributed by atoms with Crippen LogP contribution in [-0.2, 0) is 11.2 Å². The van der Waals surface area contributed by atoms with Crippen molar-refractivity contribution >= 4 is 11.6 Å². The summed E-state index contributed by atoms with van der Waals surface area (Å²) in [5.74, 6) is -0.0817. The van der Waals surface area contributed by atoms with Gasteiger partial charge in [-0.25, -0.2) is 4.39 Å². The lowest BCUT2D eigenvalue weighted by atomic mass is 9.98. The Labute approximate surface area is 178 Å². The Morgan fingerprint density at radius 1 is 1.40 bits per heavy atom. The number of hydrogen-bond donors (Lipinski definition) is 2. The van der Waals surface area contributed by atoms with E-state index in [0.717, 1.165) is 50.9 Å². The summed E-state index contributed by atoms with van der Waals surface area (Å²) in [6, 6.07) is 7.35. The summed E-state index contributed by atoms with van der Waals surface area (Å²) in [7, 11) is 4.17. The number of rotatable bonds is 6. The first-order valence-electron chi connectivity index (χ1n) is 11.1. The molecule has 0 radical (unpaired) electrons. The second kappa shape index (κ2) is 8.91. The molecule has 5 atom stereocenters. The molecule has 2 aliphatic heterocycles. The number of benzene rings is 1. The molecule has 1 saturated carbocycles. The van der Waals surface area contributed by atoms with Crippen LogP contribution in [0.1, 0.15) is 37.7 Å². The zero-order valence-electron chi connectivity index (χ0n) is 17.9. The van der Waals surface area contributed by atoms with E-state index in [0.29, 0.717) is 23.6 Å². The van der Waals surface area contributed by atoms with Crippen molar-refractivity contribution in [3.8, 4) is 6.07 Å². The monoisotopic (exact) mass is 413 g/mol. The smallest absolute Gasteiger partial charge is 0.238 e. The third-order valence-corrected chi connectivity index (χ3v) is 7.07. The number of carbonyl (C=O) groups is 1. The Morgan fingerprint density at radius 3 is 2.87 bits per heavy atom. The number of amides is 1. The first kappa shape index (κ1) is 21.1. The second-order valence-electron chi connectivity index (χ2n) is 9.29. The van der Waals surface area contributed by atoms with Gasteiger partial charge >= 0.3 is 0 Å². The lowest BCUT2D eigenvalue weighted by Gasteiger charge is -2.37. The lowest BCUT2D eigenvalue weighted by molar-refractivity contribution is -0.124. The predicted octanol–water partition coefficient (Wildman–Crippen LogP) is 2.05. The zero-order chi connectivity index (χ0) is 21.3. The van der Waals surface area contributed by atoms with E-state index in [1.54, 1.807) is 12.1 Å². The molecule has 3 fully saturated rings. The molecule has 4 unspecified atom stereocenters. The third-order valence-electron chi connectivity index (χ3n) is 7.07. The summed E-state index contributed by atoms with van der Waals surface area (Å²) in [5.41, 5.74) is 1.35. The average molecular weight is 414 g/mol. The maximum Gasteiger partial charge on any atom is 0.238 e. The second-order valence-corrected chi connectivity index (χ2v) is 9.29. The van der Waals surface area contributed by atoms with Crippen molar-refractivity contribution in [2.75, 3.05) is 32.1 Å². The van der Waals surface area contributed by atoms with Gasteiger partial charge in [-0.1, -0.05) is 6.07 Å². The molecule has 2 N–H and O–H groups in total. The SMILES string of the molecule is CN(C)C1CCCN(c2ccc(C[C@@H](C#N)NC(=O)C3NC4CCC3C4)c(F)c2)C1. The van der Waals surface area contributed by atoms with Crippen LogP contribution < -0.4 is 15.5 Å². The molecular formula is C23H32FN5O.